The summed E-state index contributed by atoms with van der Waals surface area (Å²) in [5.41, 5.74) is 12.0. The number of halogens is 2. The summed E-state index contributed by atoms with van der Waals surface area (Å²) >= 11 is 5.77. The highest BCUT2D eigenvalue weighted by Crippen LogP contribution is 2.33. The molecule has 0 bridgehead atoms. The van der Waals surface area contributed by atoms with Crippen molar-refractivity contribution in [1.82, 2.24) is 4.90 Å². The molecular formula is C12H18ClFN4. The molecule has 0 amide bonds. The van der Waals surface area contributed by atoms with E-state index in [0.717, 1.165) is 13.0 Å². The minimum Gasteiger partial charge on any atom is -0.397 e. The summed E-state index contributed by atoms with van der Waals surface area (Å²) in [6.07, 6.45) is 2.27. The van der Waals surface area contributed by atoms with Gasteiger partial charge in [0.05, 0.1) is 17.1 Å². The van der Waals surface area contributed by atoms with Crippen LogP contribution in [0.5, 0.6) is 0 Å². The Bertz CT molecular complexity index is 452. The van der Waals surface area contributed by atoms with Crippen LogP contribution >= 0.6 is 11.6 Å². The third kappa shape index (κ3) is 2.47. The Kier molecular flexibility index (Phi) is 3.82. The van der Waals surface area contributed by atoms with Crippen molar-refractivity contribution in [3.63, 3.8) is 0 Å². The Balaban J connectivity index is 2.12. The molecule has 1 aliphatic rings. The van der Waals surface area contributed by atoms with E-state index in [1.807, 2.05) is 0 Å². The van der Waals surface area contributed by atoms with Gasteiger partial charge in [0.2, 0.25) is 0 Å². The van der Waals surface area contributed by atoms with Crippen molar-refractivity contribution in [3.8, 4) is 0 Å². The van der Waals surface area contributed by atoms with Gasteiger partial charge in [-0.1, -0.05) is 11.6 Å². The van der Waals surface area contributed by atoms with Crippen LogP contribution in [0.4, 0.5) is 21.5 Å². The van der Waals surface area contributed by atoms with Gasteiger partial charge >= 0.3 is 0 Å². The highest BCUT2D eigenvalue weighted by molar-refractivity contribution is 6.33. The van der Waals surface area contributed by atoms with Gasteiger partial charge in [0.25, 0.3) is 0 Å². The van der Waals surface area contributed by atoms with E-state index in [9.17, 15) is 4.39 Å². The zero-order chi connectivity index (χ0) is 13.3. The van der Waals surface area contributed by atoms with Crippen molar-refractivity contribution in [2.24, 2.45) is 0 Å². The second-order valence-electron chi connectivity index (χ2n) is 4.72. The van der Waals surface area contributed by atoms with Gasteiger partial charge in [0, 0.05) is 12.6 Å². The summed E-state index contributed by atoms with van der Waals surface area (Å²) in [6.45, 7) is 1.73. The van der Waals surface area contributed by atoms with Gasteiger partial charge in [-0.3, -0.25) is 0 Å². The summed E-state index contributed by atoms with van der Waals surface area (Å²) in [6, 6.07) is 1.88. The molecule has 0 saturated carbocycles. The maximum atomic E-state index is 13.9. The Morgan fingerprint density at radius 2 is 2.22 bits per heavy atom. The van der Waals surface area contributed by atoms with Crippen molar-refractivity contribution in [1.29, 1.82) is 0 Å². The first kappa shape index (κ1) is 13.2. The van der Waals surface area contributed by atoms with Gasteiger partial charge in [-0.15, -0.1) is 0 Å². The fraction of sp³-hybridized carbons (Fsp3) is 0.500. The SMILES string of the molecule is CN1CCCC1CNc1c(N)cc(N)c(Cl)c1F. The van der Waals surface area contributed by atoms with Crippen LogP contribution in [0, 0.1) is 5.82 Å². The Morgan fingerprint density at radius 1 is 1.50 bits per heavy atom. The highest BCUT2D eigenvalue weighted by atomic mass is 35.5. The van der Waals surface area contributed by atoms with Gasteiger partial charge in [0.15, 0.2) is 5.82 Å². The third-order valence-corrected chi connectivity index (χ3v) is 3.84. The molecule has 1 aliphatic heterocycles. The van der Waals surface area contributed by atoms with Crippen LogP contribution in [0.2, 0.25) is 5.02 Å². The lowest BCUT2D eigenvalue weighted by atomic mass is 10.2. The molecule has 1 fully saturated rings. The van der Waals surface area contributed by atoms with Crippen LogP contribution in [-0.4, -0.2) is 31.1 Å². The smallest absolute Gasteiger partial charge is 0.169 e. The molecule has 1 aromatic carbocycles. The van der Waals surface area contributed by atoms with Crippen molar-refractivity contribution >= 4 is 28.7 Å². The second kappa shape index (κ2) is 5.20. The number of likely N-dealkylation sites (tertiary alicyclic amines) is 1. The number of nitrogen functional groups attached to an aromatic ring is 2. The summed E-state index contributed by atoms with van der Waals surface area (Å²) < 4.78 is 13.9. The van der Waals surface area contributed by atoms with Gasteiger partial charge < -0.3 is 21.7 Å². The fourth-order valence-electron chi connectivity index (χ4n) is 2.30. The van der Waals surface area contributed by atoms with Crippen LogP contribution < -0.4 is 16.8 Å². The molecule has 6 heteroatoms. The quantitative estimate of drug-likeness (QED) is 0.738. The lowest BCUT2D eigenvalue weighted by Gasteiger charge is -2.21. The number of rotatable bonds is 3. The number of hydrogen-bond donors (Lipinski definition) is 3. The molecule has 0 radical (unpaired) electrons. The Labute approximate surface area is 111 Å². The van der Waals surface area contributed by atoms with E-state index in [4.69, 9.17) is 23.1 Å². The Hall–Kier alpha value is -1.20. The monoisotopic (exact) mass is 272 g/mol. The number of nitrogens with one attached hydrogen (secondary N) is 1. The van der Waals surface area contributed by atoms with Crippen LogP contribution in [0.1, 0.15) is 12.8 Å². The number of benzene rings is 1. The van der Waals surface area contributed by atoms with E-state index in [0.29, 0.717) is 12.6 Å². The molecule has 100 valence electrons. The maximum Gasteiger partial charge on any atom is 0.169 e. The molecular weight excluding hydrogens is 255 g/mol. The normalized spacial score (nSPS) is 20.3. The van der Waals surface area contributed by atoms with Gasteiger partial charge in [-0.2, -0.15) is 0 Å². The lowest BCUT2D eigenvalue weighted by Crippen LogP contribution is -2.31. The number of anilines is 3. The van der Waals surface area contributed by atoms with Crippen LogP contribution in [0.3, 0.4) is 0 Å². The van der Waals surface area contributed by atoms with Crippen molar-refractivity contribution in [3.05, 3.63) is 16.9 Å². The van der Waals surface area contributed by atoms with E-state index >= 15 is 0 Å². The summed E-state index contributed by atoms with van der Waals surface area (Å²) in [4.78, 5) is 2.25. The second-order valence-corrected chi connectivity index (χ2v) is 5.09. The van der Waals surface area contributed by atoms with E-state index in [1.165, 1.54) is 12.5 Å². The molecule has 1 unspecified atom stereocenters. The molecule has 5 N–H and O–H groups in total. The largest absolute Gasteiger partial charge is 0.397 e. The maximum absolute atomic E-state index is 13.9. The molecule has 1 heterocycles. The summed E-state index contributed by atoms with van der Waals surface area (Å²) in [5, 5.41) is 2.96. The number of hydrogen-bond acceptors (Lipinski definition) is 4. The summed E-state index contributed by atoms with van der Waals surface area (Å²) in [7, 11) is 2.06. The number of nitrogens with two attached hydrogens (primary N) is 2. The molecule has 0 aromatic heterocycles. The average Bonchev–Trinajstić information content (AvgIpc) is 2.72. The minimum absolute atomic E-state index is 0.0773. The third-order valence-electron chi connectivity index (χ3n) is 3.45. The topological polar surface area (TPSA) is 67.3 Å². The van der Waals surface area contributed by atoms with Crippen molar-refractivity contribution in [2.45, 2.75) is 18.9 Å². The molecule has 2 rings (SSSR count). The van der Waals surface area contributed by atoms with E-state index in [2.05, 4.69) is 17.3 Å². The predicted molar refractivity (Wildman–Crippen MR) is 74.4 cm³/mol. The fourth-order valence-corrected chi connectivity index (χ4v) is 2.45. The van der Waals surface area contributed by atoms with Crippen molar-refractivity contribution < 1.29 is 4.39 Å². The zero-order valence-electron chi connectivity index (χ0n) is 10.3. The first-order valence-corrected chi connectivity index (χ1v) is 6.35. The minimum atomic E-state index is -0.574. The molecule has 1 saturated heterocycles. The van der Waals surface area contributed by atoms with Crippen LogP contribution in [0.25, 0.3) is 0 Å². The first-order chi connectivity index (χ1) is 8.50. The van der Waals surface area contributed by atoms with E-state index < -0.39 is 5.82 Å². The van der Waals surface area contributed by atoms with Gasteiger partial charge in [-0.05, 0) is 32.5 Å². The van der Waals surface area contributed by atoms with Gasteiger partial charge in [0.1, 0.15) is 5.02 Å². The molecule has 18 heavy (non-hydrogen) atoms. The average molecular weight is 273 g/mol. The van der Waals surface area contributed by atoms with Crippen LogP contribution in [-0.2, 0) is 0 Å². The number of nitrogens with zero attached hydrogens (tertiary/aromatic N) is 1. The molecule has 1 atom stereocenters. The summed E-state index contributed by atoms with van der Waals surface area (Å²) in [5.74, 6) is -0.574. The van der Waals surface area contributed by atoms with Gasteiger partial charge in [-0.25, -0.2) is 4.39 Å². The molecule has 0 aliphatic carbocycles. The lowest BCUT2D eigenvalue weighted by molar-refractivity contribution is 0.322. The zero-order valence-corrected chi connectivity index (χ0v) is 11.1. The number of likely N-dealkylation sites (N-methyl/N-ethyl adjacent to an activating group) is 1. The molecule has 4 nitrogen and oxygen atoms in total. The molecule has 1 aromatic rings. The highest BCUT2D eigenvalue weighted by Gasteiger charge is 2.22. The molecule has 0 spiro atoms. The van der Waals surface area contributed by atoms with E-state index in [-0.39, 0.29) is 22.1 Å². The Morgan fingerprint density at radius 3 is 2.83 bits per heavy atom. The predicted octanol–water partition coefficient (Wildman–Crippen LogP) is 2.15. The standard InChI is InChI=1S/C12H18ClFN4/c1-18-4-2-3-7(18)6-17-12-9(16)5-8(15)10(13)11(12)14/h5,7,17H,2-4,6,15-16H2,1H3. The first-order valence-electron chi connectivity index (χ1n) is 5.97. The van der Waals surface area contributed by atoms with E-state index in [1.54, 1.807) is 0 Å². The van der Waals surface area contributed by atoms with Crippen LogP contribution in [0.15, 0.2) is 6.07 Å². The van der Waals surface area contributed by atoms with Crippen molar-refractivity contribution in [2.75, 3.05) is 36.9 Å².